The molecule has 0 radical (unpaired) electrons. The Morgan fingerprint density at radius 3 is 2.92 bits per heavy atom. The molecule has 2 saturated heterocycles. The van der Waals surface area contributed by atoms with E-state index < -0.39 is 0 Å². The highest BCUT2D eigenvalue weighted by atomic mass is 16.2. The third kappa shape index (κ3) is 3.69. The Balaban J connectivity index is 1.28. The summed E-state index contributed by atoms with van der Waals surface area (Å²) in [5, 5.41) is 10.5. The van der Waals surface area contributed by atoms with Crippen molar-refractivity contribution in [2.45, 2.75) is 44.3 Å². The maximum atomic E-state index is 12.3. The lowest BCUT2D eigenvalue weighted by molar-refractivity contribution is 0.179. The quantitative estimate of drug-likeness (QED) is 0.898. The van der Waals surface area contributed by atoms with Crippen molar-refractivity contribution in [2.75, 3.05) is 13.1 Å². The summed E-state index contributed by atoms with van der Waals surface area (Å²) in [5.74, 6) is 0. The highest BCUT2D eigenvalue weighted by Gasteiger charge is 2.36. The Morgan fingerprint density at radius 2 is 2.04 bits per heavy atom. The molecule has 0 spiro atoms. The summed E-state index contributed by atoms with van der Waals surface area (Å²) < 4.78 is 1.83. The van der Waals surface area contributed by atoms with Gasteiger partial charge in [-0.1, -0.05) is 24.6 Å². The first kappa shape index (κ1) is 16.1. The highest BCUT2D eigenvalue weighted by Crippen LogP contribution is 2.27. The number of benzene rings is 1. The molecule has 2 atom stereocenters. The van der Waals surface area contributed by atoms with Crippen molar-refractivity contribution in [3.63, 3.8) is 0 Å². The van der Waals surface area contributed by atoms with Gasteiger partial charge in [0.05, 0.1) is 11.9 Å². The minimum absolute atomic E-state index is 0.0788. The van der Waals surface area contributed by atoms with Crippen LogP contribution in [0.3, 0.4) is 0 Å². The Morgan fingerprint density at radius 1 is 1.16 bits per heavy atom. The van der Waals surface area contributed by atoms with E-state index in [1.165, 1.54) is 25.8 Å². The van der Waals surface area contributed by atoms with E-state index in [1.54, 1.807) is 6.20 Å². The molecular weight excluding hydrogens is 314 g/mol. The fourth-order valence-corrected chi connectivity index (χ4v) is 3.99. The number of amides is 2. The second-order valence-electron chi connectivity index (χ2n) is 6.95. The molecule has 132 valence electrons. The molecule has 25 heavy (non-hydrogen) atoms. The number of fused-ring (bicyclic) bond motifs is 1. The van der Waals surface area contributed by atoms with Crippen molar-refractivity contribution in [3.05, 3.63) is 48.3 Å². The first-order valence-corrected chi connectivity index (χ1v) is 9.17. The molecule has 0 aliphatic carbocycles. The summed E-state index contributed by atoms with van der Waals surface area (Å²) >= 11 is 0. The third-order valence-electron chi connectivity index (χ3n) is 5.28. The van der Waals surface area contributed by atoms with Crippen LogP contribution in [0, 0.1) is 0 Å². The molecule has 6 heteroatoms. The zero-order chi connectivity index (χ0) is 17.1. The Hall–Kier alpha value is -2.34. The van der Waals surface area contributed by atoms with E-state index >= 15 is 0 Å². The van der Waals surface area contributed by atoms with Crippen LogP contribution in [0.1, 0.15) is 31.2 Å². The van der Waals surface area contributed by atoms with Gasteiger partial charge in [-0.15, -0.1) is 0 Å². The zero-order valence-corrected chi connectivity index (χ0v) is 14.4. The number of urea groups is 1. The molecule has 2 aromatic rings. The molecule has 6 nitrogen and oxygen atoms in total. The Kier molecular flexibility index (Phi) is 4.70. The van der Waals surface area contributed by atoms with Crippen LogP contribution in [-0.4, -0.2) is 45.9 Å². The lowest BCUT2D eigenvalue weighted by Crippen LogP contribution is -2.49. The Bertz CT molecular complexity index is 714. The fraction of sp³-hybridized carbons (Fsp3) is 0.474. The number of aromatic nitrogens is 2. The molecule has 1 aromatic heterocycles. The van der Waals surface area contributed by atoms with Crippen molar-refractivity contribution in [2.24, 2.45) is 0 Å². The van der Waals surface area contributed by atoms with E-state index in [0.29, 0.717) is 12.6 Å². The zero-order valence-electron chi connectivity index (χ0n) is 14.4. The van der Waals surface area contributed by atoms with E-state index in [-0.39, 0.29) is 12.1 Å². The molecule has 2 aliphatic rings. The van der Waals surface area contributed by atoms with E-state index in [9.17, 15) is 4.79 Å². The number of para-hydroxylation sites is 1. The lowest BCUT2D eigenvalue weighted by Gasteiger charge is -2.32. The van der Waals surface area contributed by atoms with E-state index in [4.69, 9.17) is 0 Å². The summed E-state index contributed by atoms with van der Waals surface area (Å²) in [7, 11) is 0. The van der Waals surface area contributed by atoms with Crippen molar-refractivity contribution < 1.29 is 4.79 Å². The maximum Gasteiger partial charge on any atom is 0.315 e. The topological polar surface area (TPSA) is 62.2 Å². The van der Waals surface area contributed by atoms with E-state index in [1.807, 2.05) is 41.2 Å². The summed E-state index contributed by atoms with van der Waals surface area (Å²) in [6.45, 7) is 2.78. The van der Waals surface area contributed by atoms with E-state index in [2.05, 4.69) is 20.6 Å². The highest BCUT2D eigenvalue weighted by molar-refractivity contribution is 5.74. The number of nitrogens with one attached hydrogen (secondary N) is 2. The number of carbonyl (C=O) groups is 1. The van der Waals surface area contributed by atoms with Gasteiger partial charge in [0.25, 0.3) is 0 Å². The van der Waals surface area contributed by atoms with Crippen LogP contribution in [0.4, 0.5) is 4.79 Å². The molecule has 0 bridgehead atoms. The fourth-order valence-electron chi connectivity index (χ4n) is 3.99. The van der Waals surface area contributed by atoms with Gasteiger partial charge in [-0.05, 0) is 37.9 Å². The predicted octanol–water partition coefficient (Wildman–Crippen LogP) is 2.30. The SMILES string of the molecule is O=C(NCc1cnn(-c2ccccc2)c1)N[C@@H]1CCN2CCCC[C@@H]12. The number of carbonyl (C=O) groups excluding carboxylic acids is 1. The van der Waals surface area contributed by atoms with Gasteiger partial charge < -0.3 is 10.6 Å². The van der Waals surface area contributed by atoms with Gasteiger partial charge in [-0.3, -0.25) is 4.90 Å². The number of rotatable bonds is 4. The number of hydrogen-bond donors (Lipinski definition) is 2. The first-order chi connectivity index (χ1) is 12.3. The average Bonchev–Trinajstić information content (AvgIpc) is 3.28. The second kappa shape index (κ2) is 7.27. The van der Waals surface area contributed by atoms with Crippen LogP contribution in [0.2, 0.25) is 0 Å². The van der Waals surface area contributed by atoms with Crippen molar-refractivity contribution in [1.82, 2.24) is 25.3 Å². The largest absolute Gasteiger partial charge is 0.334 e. The number of piperidine rings is 1. The summed E-state index contributed by atoms with van der Waals surface area (Å²) in [6, 6.07) is 10.7. The Labute approximate surface area is 148 Å². The molecule has 0 saturated carbocycles. The third-order valence-corrected chi connectivity index (χ3v) is 5.28. The monoisotopic (exact) mass is 339 g/mol. The van der Waals surface area contributed by atoms with Gasteiger partial charge in [-0.2, -0.15) is 5.10 Å². The molecule has 4 rings (SSSR count). The van der Waals surface area contributed by atoms with Crippen LogP contribution in [0.15, 0.2) is 42.7 Å². The smallest absolute Gasteiger partial charge is 0.315 e. The second-order valence-corrected chi connectivity index (χ2v) is 6.95. The van der Waals surface area contributed by atoms with Crippen LogP contribution < -0.4 is 10.6 Å². The van der Waals surface area contributed by atoms with Crippen LogP contribution in [0.25, 0.3) is 5.69 Å². The minimum atomic E-state index is -0.0788. The predicted molar refractivity (Wildman–Crippen MR) is 96.6 cm³/mol. The molecular formula is C19H25N5O. The molecule has 2 N–H and O–H groups in total. The van der Waals surface area contributed by atoms with Crippen molar-refractivity contribution in [3.8, 4) is 5.69 Å². The average molecular weight is 339 g/mol. The number of hydrogen-bond acceptors (Lipinski definition) is 3. The van der Waals surface area contributed by atoms with Gasteiger partial charge in [0.2, 0.25) is 0 Å². The molecule has 2 fully saturated rings. The van der Waals surface area contributed by atoms with Crippen molar-refractivity contribution >= 4 is 6.03 Å². The van der Waals surface area contributed by atoms with E-state index in [0.717, 1.165) is 24.2 Å². The number of nitrogens with zero attached hydrogens (tertiary/aromatic N) is 3. The van der Waals surface area contributed by atoms with Crippen LogP contribution in [0.5, 0.6) is 0 Å². The molecule has 2 aliphatic heterocycles. The van der Waals surface area contributed by atoms with Gasteiger partial charge in [-0.25, -0.2) is 9.48 Å². The summed E-state index contributed by atoms with van der Waals surface area (Å²) in [6.07, 6.45) is 8.58. The molecule has 1 aromatic carbocycles. The summed E-state index contributed by atoms with van der Waals surface area (Å²) in [5.41, 5.74) is 2.01. The van der Waals surface area contributed by atoms with Crippen molar-refractivity contribution in [1.29, 1.82) is 0 Å². The maximum absolute atomic E-state index is 12.3. The van der Waals surface area contributed by atoms with Gasteiger partial charge >= 0.3 is 6.03 Å². The first-order valence-electron chi connectivity index (χ1n) is 9.17. The summed E-state index contributed by atoms with van der Waals surface area (Å²) in [4.78, 5) is 14.8. The normalized spacial score (nSPS) is 23.2. The molecule has 3 heterocycles. The van der Waals surface area contributed by atoms with Gasteiger partial charge in [0.15, 0.2) is 0 Å². The lowest BCUT2D eigenvalue weighted by atomic mass is 9.99. The van der Waals surface area contributed by atoms with Crippen LogP contribution >= 0.6 is 0 Å². The van der Waals surface area contributed by atoms with Gasteiger partial charge in [0, 0.05) is 36.9 Å². The standard InChI is InChI=1S/C19H25N5O/c25-19(22-17-9-11-23-10-5-4-8-18(17)23)20-12-15-13-21-24(14-15)16-6-2-1-3-7-16/h1-3,6-7,13-14,17-18H,4-5,8-12H2,(H2,20,22,25)/t17-,18+/m1/s1. The minimum Gasteiger partial charge on any atom is -0.334 e. The van der Waals surface area contributed by atoms with Crippen LogP contribution in [-0.2, 0) is 6.54 Å². The molecule has 0 unspecified atom stereocenters. The van der Waals surface area contributed by atoms with Gasteiger partial charge in [0.1, 0.15) is 0 Å². The molecule has 2 amide bonds.